The van der Waals surface area contributed by atoms with Gasteiger partial charge < -0.3 is 15.2 Å². The third kappa shape index (κ3) is 3.66. The molecule has 0 heterocycles. The van der Waals surface area contributed by atoms with Gasteiger partial charge in [0.15, 0.2) is 0 Å². The number of nitrogens with one attached hydrogen (secondary N) is 1. The normalized spacial score (nSPS) is 17.8. The summed E-state index contributed by atoms with van der Waals surface area (Å²) in [6.45, 7) is 5.84. The number of anilines is 1. The van der Waals surface area contributed by atoms with Crippen LogP contribution in [-0.2, 0) is 0 Å². The second kappa shape index (κ2) is 6.98. The molecule has 3 heteroatoms. The molecule has 0 unspecified atom stereocenters. The van der Waals surface area contributed by atoms with E-state index in [1.165, 1.54) is 24.8 Å². The van der Waals surface area contributed by atoms with E-state index in [-0.39, 0.29) is 12.0 Å². The van der Waals surface area contributed by atoms with Crippen molar-refractivity contribution in [2.45, 2.75) is 46.0 Å². The third-order valence-corrected chi connectivity index (χ3v) is 4.34. The van der Waals surface area contributed by atoms with Gasteiger partial charge in [-0.3, -0.25) is 0 Å². The highest BCUT2D eigenvalue weighted by atomic mass is 16.5. The Morgan fingerprint density at radius 3 is 2.65 bits per heavy atom. The molecule has 0 spiro atoms. The minimum atomic E-state index is 0.0482. The van der Waals surface area contributed by atoms with Gasteiger partial charge in [-0.1, -0.05) is 25.3 Å². The van der Waals surface area contributed by atoms with Gasteiger partial charge in [0.05, 0.1) is 18.9 Å². The topological polar surface area (TPSA) is 41.5 Å². The molecule has 1 fully saturated rings. The van der Waals surface area contributed by atoms with Crippen LogP contribution in [0.25, 0.3) is 0 Å². The molecule has 0 aliphatic heterocycles. The first-order chi connectivity index (χ1) is 9.69. The predicted octanol–water partition coefficient (Wildman–Crippen LogP) is 3.75. The van der Waals surface area contributed by atoms with E-state index < -0.39 is 0 Å². The molecule has 0 bridgehead atoms. The molecule has 1 aliphatic rings. The first-order valence-electron chi connectivity index (χ1n) is 7.77. The van der Waals surface area contributed by atoms with Gasteiger partial charge in [-0.2, -0.15) is 0 Å². The smallest absolute Gasteiger partial charge is 0.142 e. The number of aryl methyl sites for hydroxylation is 1. The summed E-state index contributed by atoms with van der Waals surface area (Å²) in [7, 11) is 0. The van der Waals surface area contributed by atoms with Gasteiger partial charge in [0, 0.05) is 12.0 Å². The molecular formula is C17H27NO2. The van der Waals surface area contributed by atoms with Crippen molar-refractivity contribution in [2.24, 2.45) is 5.41 Å². The molecule has 1 saturated carbocycles. The van der Waals surface area contributed by atoms with Crippen LogP contribution in [0.1, 0.15) is 44.6 Å². The van der Waals surface area contributed by atoms with Crippen molar-refractivity contribution in [2.75, 3.05) is 25.1 Å². The number of rotatable bonds is 6. The van der Waals surface area contributed by atoms with E-state index in [1.54, 1.807) is 0 Å². The van der Waals surface area contributed by atoms with Crippen molar-refractivity contribution in [3.05, 3.63) is 23.8 Å². The fraction of sp³-hybridized carbons (Fsp3) is 0.647. The molecule has 0 atom stereocenters. The average molecular weight is 277 g/mol. The quantitative estimate of drug-likeness (QED) is 0.832. The maximum Gasteiger partial charge on any atom is 0.142 e. The predicted molar refractivity (Wildman–Crippen MR) is 83.4 cm³/mol. The van der Waals surface area contributed by atoms with Crippen molar-refractivity contribution < 1.29 is 9.84 Å². The highest BCUT2D eigenvalue weighted by molar-refractivity contribution is 5.57. The van der Waals surface area contributed by atoms with Crippen molar-refractivity contribution in [1.29, 1.82) is 0 Å². The Morgan fingerprint density at radius 1 is 1.25 bits per heavy atom. The number of aliphatic hydroxyl groups is 1. The van der Waals surface area contributed by atoms with Gasteiger partial charge in [0.25, 0.3) is 0 Å². The van der Waals surface area contributed by atoms with Crippen molar-refractivity contribution in [3.8, 4) is 5.75 Å². The summed E-state index contributed by atoms with van der Waals surface area (Å²) in [5.74, 6) is 0.913. The van der Waals surface area contributed by atoms with Gasteiger partial charge in [0.1, 0.15) is 5.75 Å². The molecule has 20 heavy (non-hydrogen) atoms. The van der Waals surface area contributed by atoms with Crippen molar-refractivity contribution >= 4 is 5.69 Å². The Hall–Kier alpha value is -1.22. The van der Waals surface area contributed by atoms with Crippen LogP contribution in [0.5, 0.6) is 5.75 Å². The Bertz CT molecular complexity index is 425. The molecule has 0 amide bonds. The third-order valence-electron chi connectivity index (χ3n) is 4.34. The summed E-state index contributed by atoms with van der Waals surface area (Å²) in [5, 5.41) is 13.3. The maximum absolute atomic E-state index is 9.77. The van der Waals surface area contributed by atoms with E-state index in [0.29, 0.717) is 6.61 Å². The second-order valence-corrected chi connectivity index (χ2v) is 6.00. The monoisotopic (exact) mass is 277 g/mol. The molecule has 2 rings (SSSR count). The molecule has 0 saturated heterocycles. The van der Waals surface area contributed by atoms with E-state index in [1.807, 2.05) is 6.92 Å². The minimum absolute atomic E-state index is 0.0482. The highest BCUT2D eigenvalue weighted by Crippen LogP contribution is 2.37. The van der Waals surface area contributed by atoms with Gasteiger partial charge in [-0.15, -0.1) is 0 Å². The van der Waals surface area contributed by atoms with Crippen LogP contribution in [-0.4, -0.2) is 24.9 Å². The lowest BCUT2D eigenvalue weighted by Gasteiger charge is -2.36. The molecule has 0 radical (unpaired) electrons. The van der Waals surface area contributed by atoms with E-state index in [2.05, 4.69) is 30.4 Å². The molecule has 0 aromatic heterocycles. The Kier molecular flexibility index (Phi) is 5.30. The first kappa shape index (κ1) is 15.2. The molecular weight excluding hydrogens is 250 g/mol. The molecule has 2 N–H and O–H groups in total. The lowest BCUT2D eigenvalue weighted by Crippen LogP contribution is -2.35. The van der Waals surface area contributed by atoms with Gasteiger partial charge in [-0.25, -0.2) is 0 Å². The van der Waals surface area contributed by atoms with Gasteiger partial charge in [-0.05, 0) is 44.4 Å². The number of hydrogen-bond donors (Lipinski definition) is 2. The zero-order valence-corrected chi connectivity index (χ0v) is 12.7. The van der Waals surface area contributed by atoms with Crippen LogP contribution in [0.2, 0.25) is 0 Å². The second-order valence-electron chi connectivity index (χ2n) is 6.00. The Balaban J connectivity index is 2.05. The number of ether oxygens (including phenoxy) is 1. The molecule has 1 aromatic rings. The summed E-state index contributed by atoms with van der Waals surface area (Å²) < 4.78 is 5.70. The largest absolute Gasteiger partial charge is 0.492 e. The van der Waals surface area contributed by atoms with E-state index in [0.717, 1.165) is 30.8 Å². The van der Waals surface area contributed by atoms with Crippen molar-refractivity contribution in [3.63, 3.8) is 0 Å². The number of hydrogen-bond acceptors (Lipinski definition) is 3. The van der Waals surface area contributed by atoms with Crippen LogP contribution >= 0.6 is 0 Å². The molecule has 3 nitrogen and oxygen atoms in total. The van der Waals surface area contributed by atoms with Crippen LogP contribution in [0.4, 0.5) is 5.69 Å². The van der Waals surface area contributed by atoms with E-state index >= 15 is 0 Å². The maximum atomic E-state index is 9.77. The lowest BCUT2D eigenvalue weighted by molar-refractivity contribution is 0.0943. The van der Waals surface area contributed by atoms with Crippen LogP contribution in [0.15, 0.2) is 18.2 Å². The Morgan fingerprint density at radius 2 is 2.00 bits per heavy atom. The fourth-order valence-corrected chi connectivity index (χ4v) is 3.03. The van der Waals surface area contributed by atoms with Gasteiger partial charge >= 0.3 is 0 Å². The standard InChI is InChI=1S/C17H27NO2/c1-3-20-16-11-14(2)7-8-15(16)18-12-17(13-19)9-5-4-6-10-17/h7-8,11,18-19H,3-6,9-10,12-13H2,1-2H3. The van der Waals surface area contributed by atoms with E-state index in [4.69, 9.17) is 4.74 Å². The summed E-state index contributed by atoms with van der Waals surface area (Å²) >= 11 is 0. The zero-order chi connectivity index (χ0) is 14.4. The molecule has 1 aliphatic carbocycles. The van der Waals surface area contributed by atoms with Crippen LogP contribution < -0.4 is 10.1 Å². The lowest BCUT2D eigenvalue weighted by atomic mass is 9.74. The van der Waals surface area contributed by atoms with Crippen LogP contribution in [0.3, 0.4) is 0 Å². The number of aliphatic hydroxyl groups excluding tert-OH is 1. The highest BCUT2D eigenvalue weighted by Gasteiger charge is 2.31. The summed E-state index contributed by atoms with van der Waals surface area (Å²) in [4.78, 5) is 0. The Labute approximate surface area is 122 Å². The fourth-order valence-electron chi connectivity index (χ4n) is 3.03. The summed E-state index contributed by atoms with van der Waals surface area (Å²) in [6, 6.07) is 6.24. The van der Waals surface area contributed by atoms with E-state index in [9.17, 15) is 5.11 Å². The first-order valence-corrected chi connectivity index (χ1v) is 7.77. The van der Waals surface area contributed by atoms with Crippen molar-refractivity contribution in [1.82, 2.24) is 0 Å². The minimum Gasteiger partial charge on any atom is -0.492 e. The molecule has 1 aromatic carbocycles. The van der Waals surface area contributed by atoms with Crippen LogP contribution in [0, 0.1) is 12.3 Å². The summed E-state index contributed by atoms with van der Waals surface area (Å²) in [5.41, 5.74) is 2.29. The zero-order valence-electron chi connectivity index (χ0n) is 12.7. The SMILES string of the molecule is CCOc1cc(C)ccc1NCC1(CO)CCCCC1. The molecule has 112 valence electrons. The number of benzene rings is 1. The summed E-state index contributed by atoms with van der Waals surface area (Å²) in [6.07, 6.45) is 6.00. The van der Waals surface area contributed by atoms with Gasteiger partial charge in [0.2, 0.25) is 0 Å². The average Bonchev–Trinajstić information content (AvgIpc) is 2.48.